The molecule has 1 fully saturated rings. The lowest BCUT2D eigenvalue weighted by Gasteiger charge is -2.27. The molecule has 1 aromatic heterocycles. The molecule has 1 saturated heterocycles. The molecule has 0 saturated carbocycles. The van der Waals surface area contributed by atoms with Gasteiger partial charge >= 0.3 is 0 Å². The Balaban J connectivity index is 1.58. The highest BCUT2D eigenvalue weighted by Gasteiger charge is 2.21. The summed E-state index contributed by atoms with van der Waals surface area (Å²) in [6.07, 6.45) is 3.26. The van der Waals surface area contributed by atoms with Crippen molar-refractivity contribution in [2.75, 3.05) is 18.4 Å². The fourth-order valence-corrected chi connectivity index (χ4v) is 4.28. The Morgan fingerprint density at radius 1 is 0.923 bits per heavy atom. The number of hydrogen-bond donors (Lipinski definition) is 1. The number of thiophene rings is 1. The van der Waals surface area contributed by atoms with Crippen LogP contribution in [0.15, 0.2) is 54.6 Å². The highest BCUT2D eigenvalue weighted by Crippen LogP contribution is 2.27. The fourth-order valence-electron chi connectivity index (χ4n) is 3.32. The third kappa shape index (κ3) is 3.35. The molecule has 5 heteroatoms. The van der Waals surface area contributed by atoms with Crippen molar-refractivity contribution in [2.24, 2.45) is 0 Å². The molecule has 1 aliphatic rings. The van der Waals surface area contributed by atoms with Gasteiger partial charge in [-0.25, -0.2) is 0 Å². The number of carbonyl (C=O) groups excluding carboxylic acids is 2. The molecule has 0 spiro atoms. The van der Waals surface area contributed by atoms with Crippen LogP contribution >= 0.6 is 11.3 Å². The number of amides is 2. The molecule has 4 rings (SSSR count). The Morgan fingerprint density at radius 2 is 1.65 bits per heavy atom. The highest BCUT2D eigenvalue weighted by molar-refractivity contribution is 7.20. The van der Waals surface area contributed by atoms with Crippen LogP contribution in [0.3, 0.4) is 0 Å². The van der Waals surface area contributed by atoms with Crippen molar-refractivity contribution < 1.29 is 9.59 Å². The number of hydrogen-bond acceptors (Lipinski definition) is 3. The van der Waals surface area contributed by atoms with Gasteiger partial charge in [0, 0.05) is 17.8 Å². The molecule has 0 aliphatic carbocycles. The molecule has 26 heavy (non-hydrogen) atoms. The summed E-state index contributed by atoms with van der Waals surface area (Å²) in [5, 5.41) is 3.99. The monoisotopic (exact) mass is 364 g/mol. The van der Waals surface area contributed by atoms with Gasteiger partial charge in [0.15, 0.2) is 0 Å². The Morgan fingerprint density at radius 3 is 2.46 bits per heavy atom. The van der Waals surface area contributed by atoms with Crippen molar-refractivity contribution >= 4 is 38.9 Å². The first-order chi connectivity index (χ1) is 12.7. The number of piperidine rings is 1. The predicted octanol–water partition coefficient (Wildman–Crippen LogP) is 4.78. The van der Waals surface area contributed by atoms with Gasteiger partial charge in [0.05, 0.1) is 16.1 Å². The average Bonchev–Trinajstić information content (AvgIpc) is 3.13. The van der Waals surface area contributed by atoms with E-state index >= 15 is 0 Å². The molecule has 2 heterocycles. The highest BCUT2D eigenvalue weighted by atomic mass is 32.1. The first kappa shape index (κ1) is 16.8. The third-order valence-corrected chi connectivity index (χ3v) is 5.81. The van der Waals surface area contributed by atoms with Gasteiger partial charge in [-0.15, -0.1) is 11.3 Å². The van der Waals surface area contributed by atoms with Crippen LogP contribution in [-0.4, -0.2) is 29.8 Å². The second kappa shape index (κ2) is 7.30. The Kier molecular flexibility index (Phi) is 4.71. The molecule has 1 aliphatic heterocycles. The SMILES string of the molecule is O=C(Nc1ccccc1C(=O)N1CCCCC1)c1cc2ccccc2s1. The van der Waals surface area contributed by atoms with E-state index in [9.17, 15) is 9.59 Å². The van der Waals surface area contributed by atoms with E-state index < -0.39 is 0 Å². The predicted molar refractivity (Wildman–Crippen MR) is 106 cm³/mol. The fraction of sp³-hybridized carbons (Fsp3) is 0.238. The van der Waals surface area contributed by atoms with Crippen LogP contribution < -0.4 is 5.32 Å². The minimum atomic E-state index is -0.176. The van der Waals surface area contributed by atoms with Gasteiger partial charge in [-0.05, 0) is 48.9 Å². The van der Waals surface area contributed by atoms with E-state index in [-0.39, 0.29) is 11.8 Å². The number of rotatable bonds is 3. The van der Waals surface area contributed by atoms with E-state index in [1.807, 2.05) is 47.4 Å². The average molecular weight is 364 g/mol. The zero-order valence-electron chi connectivity index (χ0n) is 14.4. The van der Waals surface area contributed by atoms with E-state index in [0.717, 1.165) is 36.0 Å². The first-order valence-corrected chi connectivity index (χ1v) is 9.72. The largest absolute Gasteiger partial charge is 0.339 e. The van der Waals surface area contributed by atoms with E-state index in [4.69, 9.17) is 0 Å². The maximum Gasteiger partial charge on any atom is 0.265 e. The second-order valence-corrected chi connectivity index (χ2v) is 7.58. The molecule has 132 valence electrons. The number of nitrogens with one attached hydrogen (secondary N) is 1. The zero-order valence-corrected chi connectivity index (χ0v) is 15.2. The van der Waals surface area contributed by atoms with Crippen LogP contribution in [0.5, 0.6) is 0 Å². The smallest absolute Gasteiger partial charge is 0.265 e. The number of nitrogens with zero attached hydrogens (tertiary/aromatic N) is 1. The van der Waals surface area contributed by atoms with Crippen molar-refractivity contribution in [1.29, 1.82) is 0 Å². The normalized spacial score (nSPS) is 14.4. The number of likely N-dealkylation sites (tertiary alicyclic amines) is 1. The van der Waals surface area contributed by atoms with Crippen molar-refractivity contribution in [3.63, 3.8) is 0 Å². The number of anilines is 1. The summed E-state index contributed by atoms with van der Waals surface area (Å²) >= 11 is 1.46. The van der Waals surface area contributed by atoms with Gasteiger partial charge in [-0.1, -0.05) is 30.3 Å². The molecule has 2 amide bonds. The maximum absolute atomic E-state index is 12.9. The molecule has 1 N–H and O–H groups in total. The van der Waals surface area contributed by atoms with E-state index in [0.29, 0.717) is 16.1 Å². The topological polar surface area (TPSA) is 49.4 Å². The zero-order chi connectivity index (χ0) is 17.9. The van der Waals surface area contributed by atoms with Gasteiger partial charge in [-0.2, -0.15) is 0 Å². The van der Waals surface area contributed by atoms with Crippen molar-refractivity contribution in [2.45, 2.75) is 19.3 Å². The molecule has 2 aromatic carbocycles. The Labute approximate surface area is 156 Å². The lowest BCUT2D eigenvalue weighted by Crippen LogP contribution is -2.36. The first-order valence-electron chi connectivity index (χ1n) is 8.90. The minimum absolute atomic E-state index is 0.00283. The van der Waals surface area contributed by atoms with Crippen LogP contribution in [0, 0.1) is 0 Å². The summed E-state index contributed by atoms with van der Waals surface area (Å²) in [5.74, 6) is -0.179. The summed E-state index contributed by atoms with van der Waals surface area (Å²) < 4.78 is 1.08. The number of fused-ring (bicyclic) bond motifs is 1. The van der Waals surface area contributed by atoms with Crippen molar-refractivity contribution in [3.05, 3.63) is 65.0 Å². The molecule has 4 nitrogen and oxygen atoms in total. The second-order valence-electron chi connectivity index (χ2n) is 6.50. The van der Waals surface area contributed by atoms with Gasteiger partial charge < -0.3 is 10.2 Å². The molecule has 0 atom stereocenters. The summed E-state index contributed by atoms with van der Waals surface area (Å²) in [5.41, 5.74) is 1.13. The summed E-state index contributed by atoms with van der Waals surface area (Å²) in [4.78, 5) is 28.1. The Bertz CT molecular complexity index is 924. The van der Waals surface area contributed by atoms with Gasteiger partial charge in [0.25, 0.3) is 11.8 Å². The third-order valence-electron chi connectivity index (χ3n) is 4.70. The van der Waals surface area contributed by atoms with E-state index in [2.05, 4.69) is 5.32 Å². The van der Waals surface area contributed by atoms with Crippen LogP contribution in [0.2, 0.25) is 0 Å². The van der Waals surface area contributed by atoms with Crippen molar-refractivity contribution in [1.82, 2.24) is 4.90 Å². The van der Waals surface area contributed by atoms with Crippen LogP contribution in [0.4, 0.5) is 5.69 Å². The molecular formula is C21H20N2O2S. The molecule has 0 radical (unpaired) electrons. The molecule has 3 aromatic rings. The summed E-state index contributed by atoms with van der Waals surface area (Å²) in [6, 6.07) is 17.1. The van der Waals surface area contributed by atoms with E-state index in [1.54, 1.807) is 12.1 Å². The van der Waals surface area contributed by atoms with Crippen LogP contribution in [-0.2, 0) is 0 Å². The number of carbonyl (C=O) groups is 2. The molecular weight excluding hydrogens is 344 g/mol. The quantitative estimate of drug-likeness (QED) is 0.727. The maximum atomic E-state index is 12.9. The molecule has 0 bridgehead atoms. The van der Waals surface area contributed by atoms with Crippen molar-refractivity contribution in [3.8, 4) is 0 Å². The van der Waals surface area contributed by atoms with Gasteiger partial charge in [-0.3, -0.25) is 9.59 Å². The van der Waals surface area contributed by atoms with E-state index in [1.165, 1.54) is 17.8 Å². The standard InChI is InChI=1S/C21H20N2O2S/c24-20(19-14-15-8-2-5-11-18(15)26-19)22-17-10-4-3-9-16(17)21(25)23-12-6-1-7-13-23/h2-5,8-11,14H,1,6-7,12-13H2,(H,22,24). The number of para-hydroxylation sites is 1. The molecule has 0 unspecified atom stereocenters. The minimum Gasteiger partial charge on any atom is -0.339 e. The lowest BCUT2D eigenvalue weighted by atomic mass is 10.1. The summed E-state index contributed by atoms with van der Waals surface area (Å²) in [7, 11) is 0. The number of benzene rings is 2. The Hall–Kier alpha value is -2.66. The lowest BCUT2D eigenvalue weighted by molar-refractivity contribution is 0.0725. The van der Waals surface area contributed by atoms with Crippen LogP contribution in [0.25, 0.3) is 10.1 Å². The van der Waals surface area contributed by atoms with Gasteiger partial charge in [0.2, 0.25) is 0 Å². The van der Waals surface area contributed by atoms with Crippen LogP contribution in [0.1, 0.15) is 39.3 Å². The van der Waals surface area contributed by atoms with Gasteiger partial charge in [0.1, 0.15) is 0 Å². The summed E-state index contributed by atoms with van der Waals surface area (Å²) in [6.45, 7) is 1.58.